The fourth-order valence-electron chi connectivity index (χ4n) is 1.00. The summed E-state index contributed by atoms with van der Waals surface area (Å²) < 4.78 is 4.72. The second kappa shape index (κ2) is 5.87. The van der Waals surface area contributed by atoms with E-state index in [1.54, 1.807) is 0 Å². The highest BCUT2D eigenvalue weighted by Gasteiger charge is 2.13. The summed E-state index contributed by atoms with van der Waals surface area (Å²) in [7, 11) is 0. The second-order valence-corrected chi connectivity index (χ2v) is 3.12. The predicted molar refractivity (Wildman–Crippen MR) is 55.8 cm³/mol. The Labute approximate surface area is 92.3 Å². The molecular formula is C11H12O5. The average molecular weight is 224 g/mol. The van der Waals surface area contributed by atoms with E-state index in [0.717, 1.165) is 13.2 Å². The van der Waals surface area contributed by atoms with Gasteiger partial charge in [-0.05, 0) is 18.6 Å². The van der Waals surface area contributed by atoms with Gasteiger partial charge in [0.05, 0.1) is 11.1 Å². The molecule has 1 aliphatic heterocycles. The molecule has 1 heterocycles. The molecule has 2 N–H and O–H groups in total. The summed E-state index contributed by atoms with van der Waals surface area (Å²) in [4.78, 5) is 20.9. The van der Waals surface area contributed by atoms with E-state index in [1.807, 2.05) is 0 Å². The molecule has 0 aromatic heterocycles. The van der Waals surface area contributed by atoms with Crippen molar-refractivity contribution in [2.24, 2.45) is 0 Å². The van der Waals surface area contributed by atoms with Crippen LogP contribution in [0.2, 0.25) is 0 Å². The lowest BCUT2D eigenvalue weighted by Gasteiger charge is -2.09. The molecule has 0 radical (unpaired) electrons. The summed E-state index contributed by atoms with van der Waals surface area (Å²) >= 11 is 0. The summed E-state index contributed by atoms with van der Waals surface area (Å²) in [6.07, 6.45) is 1.28. The monoisotopic (exact) mass is 224 g/mol. The van der Waals surface area contributed by atoms with E-state index in [2.05, 4.69) is 0 Å². The maximum absolute atomic E-state index is 10.5. The molecule has 1 aliphatic rings. The lowest BCUT2D eigenvalue weighted by molar-refractivity contribution is 0.0367. The smallest absolute Gasteiger partial charge is 0.336 e. The van der Waals surface area contributed by atoms with E-state index >= 15 is 0 Å². The van der Waals surface area contributed by atoms with E-state index in [4.69, 9.17) is 14.9 Å². The first-order valence-electron chi connectivity index (χ1n) is 4.76. The normalized spacial score (nSPS) is 13.0. The van der Waals surface area contributed by atoms with Crippen LogP contribution in [-0.4, -0.2) is 35.4 Å². The fourth-order valence-corrected chi connectivity index (χ4v) is 1.00. The Morgan fingerprint density at radius 2 is 1.31 bits per heavy atom. The molecule has 1 saturated heterocycles. The van der Waals surface area contributed by atoms with Crippen molar-refractivity contribution in [2.75, 3.05) is 13.2 Å². The number of ether oxygens (including phenoxy) is 1. The van der Waals surface area contributed by atoms with Crippen LogP contribution >= 0.6 is 0 Å². The molecular weight excluding hydrogens is 212 g/mol. The van der Waals surface area contributed by atoms with Crippen molar-refractivity contribution in [3.8, 4) is 0 Å². The standard InChI is InChI=1S/C8H6O4.C3H6O/c9-7(10)5-3-1-2-4-6(5)8(11)12;1-2-4-3-1/h1-4H,(H,9,10)(H,11,12);1-3H2. The predicted octanol–water partition coefficient (Wildman–Crippen LogP) is 1.49. The summed E-state index contributed by atoms with van der Waals surface area (Å²) in [6, 6.07) is 5.48. The van der Waals surface area contributed by atoms with Gasteiger partial charge in [0.1, 0.15) is 0 Å². The van der Waals surface area contributed by atoms with Crippen LogP contribution in [0.4, 0.5) is 0 Å². The summed E-state index contributed by atoms with van der Waals surface area (Å²) in [5.74, 6) is -2.46. The maximum atomic E-state index is 10.5. The number of carboxylic acid groups (broad SMARTS) is 2. The molecule has 0 amide bonds. The Balaban J connectivity index is 0.000000267. The van der Waals surface area contributed by atoms with Crippen LogP contribution in [0, 0.1) is 0 Å². The number of hydrogen-bond acceptors (Lipinski definition) is 3. The number of carboxylic acids is 2. The molecule has 5 nitrogen and oxygen atoms in total. The van der Waals surface area contributed by atoms with Gasteiger partial charge in [0.2, 0.25) is 0 Å². The molecule has 1 aromatic rings. The topological polar surface area (TPSA) is 83.8 Å². The molecule has 16 heavy (non-hydrogen) atoms. The molecule has 1 aromatic carbocycles. The first-order valence-corrected chi connectivity index (χ1v) is 4.76. The Bertz CT molecular complexity index is 345. The van der Waals surface area contributed by atoms with Crippen molar-refractivity contribution >= 4 is 11.9 Å². The molecule has 2 rings (SSSR count). The van der Waals surface area contributed by atoms with Gasteiger partial charge in [-0.1, -0.05) is 12.1 Å². The van der Waals surface area contributed by atoms with Gasteiger partial charge < -0.3 is 14.9 Å². The zero-order valence-electron chi connectivity index (χ0n) is 8.55. The van der Waals surface area contributed by atoms with Crippen molar-refractivity contribution in [1.82, 2.24) is 0 Å². The lowest BCUT2D eigenvalue weighted by atomic mass is 10.1. The van der Waals surface area contributed by atoms with Crippen LogP contribution < -0.4 is 0 Å². The minimum absolute atomic E-state index is 0.190. The summed E-state index contributed by atoms with van der Waals surface area (Å²) in [5, 5.41) is 17.1. The Morgan fingerprint density at radius 1 is 1.00 bits per heavy atom. The highest BCUT2D eigenvalue weighted by Crippen LogP contribution is 2.07. The number of aromatic carboxylic acids is 2. The number of benzene rings is 1. The molecule has 1 fully saturated rings. The third-order valence-electron chi connectivity index (χ3n) is 1.97. The molecule has 0 saturated carbocycles. The largest absolute Gasteiger partial charge is 0.478 e. The minimum atomic E-state index is -1.23. The number of hydrogen-bond donors (Lipinski definition) is 2. The van der Waals surface area contributed by atoms with Gasteiger partial charge in [0, 0.05) is 13.2 Å². The van der Waals surface area contributed by atoms with Gasteiger partial charge in [-0.2, -0.15) is 0 Å². The number of carbonyl (C=O) groups is 2. The van der Waals surface area contributed by atoms with E-state index in [0.29, 0.717) is 0 Å². The van der Waals surface area contributed by atoms with Gasteiger partial charge in [-0.15, -0.1) is 0 Å². The molecule has 0 spiro atoms. The van der Waals surface area contributed by atoms with Crippen molar-refractivity contribution in [3.63, 3.8) is 0 Å². The van der Waals surface area contributed by atoms with E-state index in [1.165, 1.54) is 30.7 Å². The molecule has 0 atom stereocenters. The van der Waals surface area contributed by atoms with Crippen molar-refractivity contribution in [2.45, 2.75) is 6.42 Å². The van der Waals surface area contributed by atoms with Gasteiger partial charge in [0.15, 0.2) is 0 Å². The molecule has 0 aliphatic carbocycles. The molecule has 0 unspecified atom stereocenters. The second-order valence-electron chi connectivity index (χ2n) is 3.12. The fraction of sp³-hybridized carbons (Fsp3) is 0.273. The van der Waals surface area contributed by atoms with Crippen LogP contribution in [0.1, 0.15) is 27.1 Å². The third-order valence-corrected chi connectivity index (χ3v) is 1.97. The van der Waals surface area contributed by atoms with Gasteiger partial charge >= 0.3 is 11.9 Å². The zero-order valence-corrected chi connectivity index (χ0v) is 8.55. The minimum Gasteiger partial charge on any atom is -0.478 e. The average Bonchev–Trinajstić information content (AvgIpc) is 2.15. The van der Waals surface area contributed by atoms with Crippen LogP contribution in [0.25, 0.3) is 0 Å². The lowest BCUT2D eigenvalue weighted by Crippen LogP contribution is -2.09. The summed E-state index contributed by atoms with van der Waals surface area (Å²) in [5.41, 5.74) is -0.380. The molecule has 86 valence electrons. The van der Waals surface area contributed by atoms with Crippen LogP contribution in [-0.2, 0) is 4.74 Å². The van der Waals surface area contributed by atoms with Crippen molar-refractivity contribution in [1.29, 1.82) is 0 Å². The summed E-state index contributed by atoms with van der Waals surface area (Å²) in [6.45, 7) is 2.00. The Hall–Kier alpha value is -1.88. The van der Waals surface area contributed by atoms with Gasteiger partial charge in [-0.25, -0.2) is 9.59 Å². The third kappa shape index (κ3) is 3.36. The SMILES string of the molecule is C1COC1.O=C(O)c1ccccc1C(=O)O. The highest BCUT2D eigenvalue weighted by molar-refractivity contribution is 6.01. The van der Waals surface area contributed by atoms with Crippen molar-refractivity contribution < 1.29 is 24.5 Å². The van der Waals surface area contributed by atoms with Crippen LogP contribution in [0.3, 0.4) is 0 Å². The first-order chi connectivity index (χ1) is 7.63. The van der Waals surface area contributed by atoms with Crippen LogP contribution in [0.15, 0.2) is 24.3 Å². The van der Waals surface area contributed by atoms with E-state index < -0.39 is 11.9 Å². The first kappa shape index (κ1) is 12.2. The Kier molecular flexibility index (Phi) is 4.47. The highest BCUT2D eigenvalue weighted by atomic mass is 16.5. The molecule has 5 heteroatoms. The Morgan fingerprint density at radius 3 is 1.50 bits per heavy atom. The molecule has 0 bridgehead atoms. The van der Waals surface area contributed by atoms with Crippen LogP contribution in [0.5, 0.6) is 0 Å². The van der Waals surface area contributed by atoms with Crippen molar-refractivity contribution in [3.05, 3.63) is 35.4 Å². The van der Waals surface area contributed by atoms with E-state index in [-0.39, 0.29) is 11.1 Å². The number of rotatable bonds is 2. The van der Waals surface area contributed by atoms with Gasteiger partial charge in [-0.3, -0.25) is 0 Å². The maximum Gasteiger partial charge on any atom is 0.336 e. The zero-order chi connectivity index (χ0) is 12.0. The quantitative estimate of drug-likeness (QED) is 0.795. The van der Waals surface area contributed by atoms with E-state index in [9.17, 15) is 9.59 Å². The van der Waals surface area contributed by atoms with Gasteiger partial charge in [0.25, 0.3) is 0 Å².